The van der Waals surface area contributed by atoms with Crippen molar-refractivity contribution in [2.45, 2.75) is 22.1 Å². The van der Waals surface area contributed by atoms with Crippen molar-refractivity contribution in [2.75, 3.05) is 16.8 Å². The Kier molecular flexibility index (Phi) is 5.33. The third-order valence-corrected chi connectivity index (χ3v) is 6.80. The Balaban J connectivity index is 2.30. The molecule has 7 nitrogen and oxygen atoms in total. The van der Waals surface area contributed by atoms with Crippen molar-refractivity contribution < 1.29 is 30.0 Å². The summed E-state index contributed by atoms with van der Waals surface area (Å²) in [6.45, 7) is 0. The molecule has 0 saturated carbocycles. The maximum atomic E-state index is 12.2. The van der Waals surface area contributed by atoms with Gasteiger partial charge < -0.3 is 5.32 Å². The number of sulfonamides is 2. The molecule has 136 valence electrons. The zero-order valence-electron chi connectivity index (χ0n) is 11.6. The molecule has 0 bridgehead atoms. The average Bonchev–Trinajstić information content (AvgIpc) is 2.33. The summed E-state index contributed by atoms with van der Waals surface area (Å²) in [7, 11) is -8.38. The van der Waals surface area contributed by atoms with Crippen LogP contribution in [0.2, 0.25) is 5.02 Å². The molecule has 1 aliphatic heterocycles. The van der Waals surface area contributed by atoms with Crippen LogP contribution in [0.25, 0.3) is 0 Å². The highest BCUT2D eigenvalue weighted by Crippen LogP contribution is 2.34. The first-order valence-electron chi connectivity index (χ1n) is 6.09. The lowest BCUT2D eigenvalue weighted by atomic mass is 10.3. The molecule has 2 rings (SSSR count). The lowest BCUT2D eigenvalue weighted by Gasteiger charge is -2.28. The fourth-order valence-corrected chi connectivity index (χ4v) is 5.28. The SMILES string of the molecule is NS(=O)(=O)c1cc2c(cc1Cl)N[C@@H](CSCC(F)(F)F)NS2(=O)=O. The van der Waals surface area contributed by atoms with Crippen molar-refractivity contribution in [2.24, 2.45) is 5.14 Å². The highest BCUT2D eigenvalue weighted by atomic mass is 35.5. The summed E-state index contributed by atoms with van der Waals surface area (Å²) >= 11 is 6.27. The van der Waals surface area contributed by atoms with E-state index in [0.29, 0.717) is 11.8 Å². The van der Waals surface area contributed by atoms with Gasteiger partial charge in [-0.3, -0.25) is 0 Å². The predicted octanol–water partition coefficient (Wildman–Crippen LogP) is 1.31. The summed E-state index contributed by atoms with van der Waals surface area (Å²) in [4.78, 5) is -0.979. The fourth-order valence-electron chi connectivity index (χ4n) is 1.92. The highest BCUT2D eigenvalue weighted by molar-refractivity contribution is 7.99. The highest BCUT2D eigenvalue weighted by Gasteiger charge is 2.33. The molecule has 0 unspecified atom stereocenters. The van der Waals surface area contributed by atoms with Crippen molar-refractivity contribution in [3.8, 4) is 0 Å². The molecule has 1 heterocycles. The molecule has 4 N–H and O–H groups in total. The fraction of sp³-hybridized carbons (Fsp3) is 0.400. The van der Waals surface area contributed by atoms with Crippen LogP contribution in [0.5, 0.6) is 0 Å². The summed E-state index contributed by atoms with van der Waals surface area (Å²) < 4.78 is 85.7. The van der Waals surface area contributed by atoms with Gasteiger partial charge in [0.15, 0.2) is 0 Å². The van der Waals surface area contributed by atoms with Crippen LogP contribution in [0.4, 0.5) is 18.9 Å². The maximum Gasteiger partial charge on any atom is 0.397 e. The number of nitrogens with one attached hydrogen (secondary N) is 2. The second-order valence-corrected chi connectivity index (χ2v) is 9.42. The molecule has 1 aliphatic rings. The Morgan fingerprint density at radius 2 is 1.96 bits per heavy atom. The monoisotopic (exact) mass is 425 g/mol. The Bertz CT molecular complexity index is 858. The van der Waals surface area contributed by atoms with Crippen LogP contribution in [0.1, 0.15) is 0 Å². The van der Waals surface area contributed by atoms with Crippen molar-refractivity contribution in [3.05, 3.63) is 17.2 Å². The van der Waals surface area contributed by atoms with Crippen LogP contribution in [-0.2, 0) is 20.0 Å². The Morgan fingerprint density at radius 1 is 1.33 bits per heavy atom. The van der Waals surface area contributed by atoms with E-state index in [1.54, 1.807) is 0 Å². The smallest absolute Gasteiger partial charge is 0.367 e. The van der Waals surface area contributed by atoms with E-state index in [2.05, 4.69) is 10.0 Å². The Hall–Kier alpha value is -0.730. The first-order chi connectivity index (χ1) is 10.8. The number of anilines is 1. The standard InChI is InChI=1S/C10H11ClF3N3O4S3/c11-5-1-6-8(2-7(5)23(15,18)19)24(20,21)17-9(16-6)3-22-4-10(12,13)14/h1-2,9,16-17H,3-4H2,(H2,15,18,19)/t9-/m1/s1. The maximum absolute atomic E-state index is 12.2. The molecule has 0 fully saturated rings. The lowest BCUT2D eigenvalue weighted by molar-refractivity contribution is -0.105. The lowest BCUT2D eigenvalue weighted by Crippen LogP contribution is -2.46. The summed E-state index contributed by atoms with van der Waals surface area (Å²) in [6.07, 6.45) is -5.38. The number of nitrogens with two attached hydrogens (primary N) is 1. The minimum absolute atomic E-state index is 0.0243. The largest absolute Gasteiger partial charge is 0.397 e. The van der Waals surface area contributed by atoms with E-state index in [0.717, 1.165) is 12.1 Å². The number of primary sulfonamides is 1. The van der Waals surface area contributed by atoms with Crippen molar-refractivity contribution >= 4 is 49.1 Å². The minimum atomic E-state index is -4.37. The minimum Gasteiger partial charge on any atom is -0.367 e. The molecule has 0 aliphatic carbocycles. The van der Waals surface area contributed by atoms with Crippen LogP contribution in [-0.4, -0.2) is 40.7 Å². The van der Waals surface area contributed by atoms with Gasteiger partial charge in [-0.05, 0) is 12.1 Å². The number of halogens is 4. The zero-order chi connectivity index (χ0) is 18.3. The zero-order valence-corrected chi connectivity index (χ0v) is 14.8. The van der Waals surface area contributed by atoms with E-state index in [4.69, 9.17) is 16.7 Å². The first-order valence-corrected chi connectivity index (χ1v) is 10.7. The van der Waals surface area contributed by atoms with Gasteiger partial charge in [0.2, 0.25) is 20.0 Å². The van der Waals surface area contributed by atoms with Crippen LogP contribution >= 0.6 is 23.4 Å². The molecule has 1 aromatic carbocycles. The van der Waals surface area contributed by atoms with Gasteiger partial charge in [0.05, 0.1) is 22.6 Å². The molecule has 1 aromatic rings. The number of fused-ring (bicyclic) bond motifs is 1. The van der Waals surface area contributed by atoms with Gasteiger partial charge >= 0.3 is 6.18 Å². The molecule has 0 aromatic heterocycles. The molecule has 1 atom stereocenters. The van der Waals surface area contributed by atoms with Gasteiger partial charge in [-0.2, -0.15) is 17.9 Å². The van der Waals surface area contributed by atoms with Gasteiger partial charge in [0, 0.05) is 5.75 Å². The quantitative estimate of drug-likeness (QED) is 0.669. The number of benzene rings is 1. The van der Waals surface area contributed by atoms with Crippen LogP contribution in [0, 0.1) is 0 Å². The normalized spacial score (nSPS) is 20.3. The van der Waals surface area contributed by atoms with Crippen LogP contribution in [0.3, 0.4) is 0 Å². The number of hydrogen-bond acceptors (Lipinski definition) is 6. The molecular weight excluding hydrogens is 415 g/mol. The summed E-state index contributed by atoms with van der Waals surface area (Å²) in [5, 5.41) is 7.31. The van der Waals surface area contributed by atoms with E-state index in [9.17, 15) is 30.0 Å². The van der Waals surface area contributed by atoms with Gasteiger partial charge in [0.25, 0.3) is 0 Å². The van der Waals surface area contributed by atoms with E-state index >= 15 is 0 Å². The Labute approximate surface area is 145 Å². The van der Waals surface area contributed by atoms with E-state index in [1.807, 2.05) is 0 Å². The average molecular weight is 426 g/mol. The topological polar surface area (TPSA) is 118 Å². The molecule has 14 heteroatoms. The number of rotatable bonds is 4. The Morgan fingerprint density at radius 3 is 2.50 bits per heavy atom. The third-order valence-electron chi connectivity index (χ3n) is 2.81. The molecule has 0 saturated heterocycles. The van der Waals surface area contributed by atoms with Gasteiger partial charge in [0.1, 0.15) is 9.79 Å². The van der Waals surface area contributed by atoms with E-state index in [-0.39, 0.29) is 16.5 Å². The number of alkyl halides is 3. The first kappa shape index (κ1) is 19.6. The van der Waals surface area contributed by atoms with E-state index < -0.39 is 47.9 Å². The van der Waals surface area contributed by atoms with Crippen molar-refractivity contribution in [1.82, 2.24) is 4.72 Å². The van der Waals surface area contributed by atoms with Crippen molar-refractivity contribution in [3.63, 3.8) is 0 Å². The molecular formula is C10H11ClF3N3O4S3. The second-order valence-electron chi connectivity index (χ2n) is 4.77. The summed E-state index contributed by atoms with van der Waals surface area (Å²) in [5.74, 6) is -1.34. The molecule has 0 spiro atoms. The molecule has 0 radical (unpaired) electrons. The van der Waals surface area contributed by atoms with Crippen molar-refractivity contribution in [1.29, 1.82) is 0 Å². The van der Waals surface area contributed by atoms with Crippen LogP contribution in [0.15, 0.2) is 21.9 Å². The van der Waals surface area contributed by atoms with Gasteiger partial charge in [-0.1, -0.05) is 11.6 Å². The van der Waals surface area contributed by atoms with Crippen LogP contribution < -0.4 is 15.2 Å². The van der Waals surface area contributed by atoms with Gasteiger partial charge in [-0.15, -0.1) is 11.8 Å². The van der Waals surface area contributed by atoms with E-state index in [1.165, 1.54) is 0 Å². The molecule has 0 amide bonds. The predicted molar refractivity (Wildman–Crippen MR) is 83.9 cm³/mol. The van der Waals surface area contributed by atoms with Gasteiger partial charge in [-0.25, -0.2) is 22.0 Å². The summed E-state index contributed by atoms with van der Waals surface area (Å²) in [5.41, 5.74) is -0.0243. The second kappa shape index (κ2) is 6.53. The summed E-state index contributed by atoms with van der Waals surface area (Å²) in [6, 6.07) is 1.85. The third kappa shape index (κ3) is 4.67. The molecule has 24 heavy (non-hydrogen) atoms. The number of hydrogen-bond donors (Lipinski definition) is 3. The number of thioether (sulfide) groups is 1.